The molecular formula is C29H32ClF3N6O4. The number of piperazine rings is 1. The van der Waals surface area contributed by atoms with Crippen molar-refractivity contribution < 1.29 is 32.6 Å². The summed E-state index contributed by atoms with van der Waals surface area (Å²) < 4.78 is 47.2. The minimum atomic E-state index is -1.37. The molecular weight excluding hydrogens is 589 g/mol. The fourth-order valence-corrected chi connectivity index (χ4v) is 5.68. The van der Waals surface area contributed by atoms with Crippen LogP contribution in [-0.2, 0) is 11.8 Å². The quantitative estimate of drug-likeness (QED) is 0.313. The van der Waals surface area contributed by atoms with Gasteiger partial charge in [-0.2, -0.15) is 4.39 Å². The molecule has 1 unspecified atom stereocenters. The number of nitrogens with zero attached hydrogens (tertiary/aromatic N) is 4. The number of imidazole rings is 1. The monoisotopic (exact) mass is 620 g/mol. The van der Waals surface area contributed by atoms with Gasteiger partial charge in [-0.15, -0.1) is 0 Å². The fourth-order valence-electron chi connectivity index (χ4n) is 5.42. The smallest absolute Gasteiger partial charge is 0.255 e. The lowest BCUT2D eigenvalue weighted by Crippen LogP contribution is -2.51. The molecule has 10 nitrogen and oxygen atoms in total. The Hall–Kier alpha value is -3.81. The number of carbonyl (C=O) groups is 2. The average molecular weight is 621 g/mol. The van der Waals surface area contributed by atoms with Crippen molar-refractivity contribution in [2.45, 2.75) is 19.1 Å². The van der Waals surface area contributed by atoms with Gasteiger partial charge in [-0.1, -0.05) is 11.6 Å². The van der Waals surface area contributed by atoms with Crippen LogP contribution >= 0.6 is 11.6 Å². The number of benzene rings is 2. The van der Waals surface area contributed by atoms with Gasteiger partial charge in [0, 0.05) is 50.9 Å². The van der Waals surface area contributed by atoms with E-state index in [1.54, 1.807) is 17.0 Å². The van der Waals surface area contributed by atoms with Crippen LogP contribution in [0.1, 0.15) is 35.3 Å². The number of alkyl halides is 1. The molecule has 2 atom stereocenters. The fraction of sp³-hybridized carbons (Fsp3) is 0.414. The lowest BCUT2D eigenvalue weighted by Gasteiger charge is -2.35. The molecule has 0 saturated carbocycles. The van der Waals surface area contributed by atoms with Crippen molar-refractivity contribution in [3.8, 4) is 17.0 Å². The highest BCUT2D eigenvalue weighted by Crippen LogP contribution is 2.32. The normalized spacial score (nSPS) is 17.7. The van der Waals surface area contributed by atoms with Crippen LogP contribution in [0.15, 0.2) is 36.5 Å². The van der Waals surface area contributed by atoms with Crippen LogP contribution in [-0.4, -0.2) is 82.4 Å². The van der Waals surface area contributed by atoms with E-state index >= 15 is 0 Å². The second-order valence-electron chi connectivity index (χ2n) is 10.5. The van der Waals surface area contributed by atoms with E-state index in [1.807, 2.05) is 4.90 Å². The number of halogens is 4. The Bertz CT molecular complexity index is 1490. The number of aliphatic hydroxyl groups is 1. The number of aromatic nitrogens is 2. The molecule has 3 heterocycles. The highest BCUT2D eigenvalue weighted by Gasteiger charge is 2.28. The van der Waals surface area contributed by atoms with E-state index in [1.165, 1.54) is 29.9 Å². The summed E-state index contributed by atoms with van der Waals surface area (Å²) in [6.45, 7) is 2.23. The second kappa shape index (κ2) is 13.2. The predicted octanol–water partition coefficient (Wildman–Crippen LogP) is 3.71. The van der Waals surface area contributed by atoms with Crippen molar-refractivity contribution in [1.82, 2.24) is 24.7 Å². The van der Waals surface area contributed by atoms with E-state index in [0.717, 1.165) is 25.6 Å². The van der Waals surface area contributed by atoms with Gasteiger partial charge in [0.25, 0.3) is 5.91 Å². The summed E-state index contributed by atoms with van der Waals surface area (Å²) in [7, 11) is 1.51. The summed E-state index contributed by atoms with van der Waals surface area (Å²) in [5.41, 5.74) is 0.686. The first-order valence-corrected chi connectivity index (χ1v) is 14.3. The number of carbonyl (C=O) groups excluding carboxylic acids is 2. The average Bonchev–Trinajstić information content (AvgIpc) is 3.65. The summed E-state index contributed by atoms with van der Waals surface area (Å²) in [6.07, 6.45) is 1.42. The molecule has 3 N–H and O–H groups in total. The van der Waals surface area contributed by atoms with Gasteiger partial charge in [0.1, 0.15) is 0 Å². The largest absolute Gasteiger partial charge is 0.460 e. The van der Waals surface area contributed by atoms with Gasteiger partial charge in [0.2, 0.25) is 18.6 Å². The first-order chi connectivity index (χ1) is 20.7. The van der Waals surface area contributed by atoms with Crippen molar-refractivity contribution in [1.29, 1.82) is 0 Å². The van der Waals surface area contributed by atoms with Gasteiger partial charge in [-0.3, -0.25) is 9.59 Å². The molecule has 2 aromatic carbocycles. The van der Waals surface area contributed by atoms with Crippen molar-refractivity contribution >= 4 is 29.1 Å². The number of nitrogens with one attached hydrogen (secondary N) is 2. The van der Waals surface area contributed by atoms with Gasteiger partial charge < -0.3 is 34.8 Å². The van der Waals surface area contributed by atoms with Crippen molar-refractivity contribution in [2.75, 3.05) is 51.4 Å². The third-order valence-corrected chi connectivity index (χ3v) is 8.16. The van der Waals surface area contributed by atoms with E-state index in [-0.39, 0.29) is 39.5 Å². The Morgan fingerprint density at radius 3 is 2.58 bits per heavy atom. The van der Waals surface area contributed by atoms with Gasteiger partial charge in [-0.05, 0) is 55.8 Å². The highest BCUT2D eigenvalue weighted by molar-refractivity contribution is 6.34. The van der Waals surface area contributed by atoms with Crippen LogP contribution in [0.25, 0.3) is 11.3 Å². The molecule has 3 aromatic rings. The Labute approximate surface area is 251 Å². The van der Waals surface area contributed by atoms with Gasteiger partial charge >= 0.3 is 0 Å². The number of amides is 2. The standard InChI is InChI=1S/C29H32ClF3N6O4/c1-37-22(20-4-5-23(43-16-31)26(33)25(20)32)15-35-27(37)28(41)36-18-2-3-19(21(30)13-18)29(42)39-10-8-38(9-11-39)24(40)12-17-6-7-34-14-17/h2-5,13,15,17,28,34,36,41H,6-12,14,16H2,1H3/t17-,28?/m0/s1. The molecule has 43 heavy (non-hydrogen) atoms. The molecule has 2 aliphatic rings. The lowest BCUT2D eigenvalue weighted by atomic mass is 10.0. The zero-order chi connectivity index (χ0) is 30.7. The molecule has 2 amide bonds. The zero-order valence-corrected chi connectivity index (χ0v) is 24.2. The first-order valence-electron chi connectivity index (χ1n) is 13.9. The zero-order valence-electron chi connectivity index (χ0n) is 23.5. The van der Waals surface area contributed by atoms with Crippen LogP contribution in [0, 0.1) is 17.6 Å². The Kier molecular flexibility index (Phi) is 9.43. The minimum Gasteiger partial charge on any atom is -0.460 e. The Balaban J connectivity index is 1.20. The Morgan fingerprint density at radius 1 is 1.16 bits per heavy atom. The maximum Gasteiger partial charge on any atom is 0.255 e. The van der Waals surface area contributed by atoms with Crippen LogP contribution in [0.4, 0.5) is 18.9 Å². The van der Waals surface area contributed by atoms with Crippen LogP contribution in [0.2, 0.25) is 5.02 Å². The molecule has 0 radical (unpaired) electrons. The predicted molar refractivity (Wildman–Crippen MR) is 153 cm³/mol. The van der Waals surface area contributed by atoms with E-state index in [0.29, 0.717) is 44.2 Å². The van der Waals surface area contributed by atoms with Crippen molar-refractivity contribution in [3.63, 3.8) is 0 Å². The van der Waals surface area contributed by atoms with E-state index < -0.39 is 30.5 Å². The van der Waals surface area contributed by atoms with E-state index in [9.17, 15) is 27.9 Å². The highest BCUT2D eigenvalue weighted by atomic mass is 35.5. The van der Waals surface area contributed by atoms with E-state index in [2.05, 4.69) is 20.4 Å². The van der Waals surface area contributed by atoms with Crippen LogP contribution in [0.3, 0.4) is 0 Å². The van der Waals surface area contributed by atoms with Crippen LogP contribution in [0.5, 0.6) is 5.75 Å². The molecule has 1 aromatic heterocycles. The van der Waals surface area contributed by atoms with Crippen LogP contribution < -0.4 is 15.4 Å². The SMILES string of the molecule is Cn1c(-c2ccc(OCF)c(F)c2F)cnc1C(O)Nc1ccc(C(=O)N2CCN(C(=O)C[C@@H]3CCNC3)CC2)c(Cl)c1. The molecule has 5 rings (SSSR count). The number of ether oxygens (including phenoxy) is 1. The minimum absolute atomic E-state index is 0.0896. The summed E-state index contributed by atoms with van der Waals surface area (Å²) in [6, 6.07) is 6.96. The molecule has 2 saturated heterocycles. The summed E-state index contributed by atoms with van der Waals surface area (Å²) in [5, 5.41) is 17.1. The summed E-state index contributed by atoms with van der Waals surface area (Å²) >= 11 is 6.46. The molecule has 14 heteroatoms. The third kappa shape index (κ3) is 6.58. The molecule has 2 aliphatic heterocycles. The number of hydrogen-bond acceptors (Lipinski definition) is 7. The number of rotatable bonds is 9. The first kappa shape index (κ1) is 30.6. The third-order valence-electron chi connectivity index (χ3n) is 7.85. The second-order valence-corrected chi connectivity index (χ2v) is 10.9. The van der Waals surface area contributed by atoms with Crippen molar-refractivity contribution in [3.05, 3.63) is 64.6 Å². The summed E-state index contributed by atoms with van der Waals surface area (Å²) in [4.78, 5) is 33.4. The van der Waals surface area contributed by atoms with Gasteiger partial charge in [-0.25, -0.2) is 13.8 Å². The van der Waals surface area contributed by atoms with Crippen molar-refractivity contribution in [2.24, 2.45) is 13.0 Å². The number of hydrogen-bond donors (Lipinski definition) is 3. The van der Waals surface area contributed by atoms with Gasteiger partial charge in [0.15, 0.2) is 23.6 Å². The molecule has 0 aliphatic carbocycles. The number of anilines is 1. The molecule has 0 spiro atoms. The van der Waals surface area contributed by atoms with E-state index in [4.69, 9.17) is 11.6 Å². The summed E-state index contributed by atoms with van der Waals surface area (Å²) in [5.74, 6) is -2.83. The molecule has 0 bridgehead atoms. The lowest BCUT2D eigenvalue weighted by molar-refractivity contribution is -0.133. The Morgan fingerprint density at radius 2 is 1.91 bits per heavy atom. The maximum absolute atomic E-state index is 14.7. The molecule has 2 fully saturated rings. The topological polar surface area (TPSA) is 112 Å². The molecule has 230 valence electrons. The van der Waals surface area contributed by atoms with Gasteiger partial charge in [0.05, 0.1) is 22.5 Å². The maximum atomic E-state index is 14.7. The number of aliphatic hydroxyl groups excluding tert-OH is 1.